The Morgan fingerprint density at radius 1 is 1.40 bits per heavy atom. The van der Waals surface area contributed by atoms with Gasteiger partial charge in [-0.1, -0.05) is 6.92 Å². The summed E-state index contributed by atoms with van der Waals surface area (Å²) >= 11 is 0. The molecule has 0 aromatic carbocycles. The van der Waals surface area contributed by atoms with Gasteiger partial charge in [-0.2, -0.15) is 13.2 Å². The van der Waals surface area contributed by atoms with Crippen LogP contribution in [0.1, 0.15) is 41.6 Å². The number of amides is 1. The summed E-state index contributed by atoms with van der Waals surface area (Å²) in [5, 5.41) is 2.19. The van der Waals surface area contributed by atoms with Crippen molar-refractivity contribution in [3.05, 3.63) is 27.4 Å². The summed E-state index contributed by atoms with van der Waals surface area (Å²) in [6.07, 6.45) is -5.41. The predicted octanol–water partition coefficient (Wildman–Crippen LogP) is 1.85. The summed E-state index contributed by atoms with van der Waals surface area (Å²) < 4.78 is 36.9. The van der Waals surface area contributed by atoms with Crippen LogP contribution in [0.15, 0.2) is 4.79 Å². The fourth-order valence-corrected chi connectivity index (χ4v) is 1.61. The number of alkyl halides is 3. The SMILES string of the molecule is CCC(CC(F)(F)F)NC(=O)c1nc(C)c(C)[nH]c1=O. The van der Waals surface area contributed by atoms with Crippen LogP contribution in [-0.2, 0) is 0 Å². The van der Waals surface area contributed by atoms with Crippen molar-refractivity contribution >= 4 is 5.91 Å². The highest BCUT2D eigenvalue weighted by Gasteiger charge is 2.32. The van der Waals surface area contributed by atoms with E-state index in [0.29, 0.717) is 11.4 Å². The molecular weight excluding hydrogens is 275 g/mol. The molecule has 1 rings (SSSR count). The first-order chi connectivity index (χ1) is 9.14. The van der Waals surface area contributed by atoms with Gasteiger partial charge in [0.25, 0.3) is 11.5 Å². The van der Waals surface area contributed by atoms with Crippen molar-refractivity contribution in [1.29, 1.82) is 0 Å². The molecule has 5 nitrogen and oxygen atoms in total. The summed E-state index contributed by atoms with van der Waals surface area (Å²) in [7, 11) is 0. The molecular formula is C12H16F3N3O2. The topological polar surface area (TPSA) is 74.8 Å². The van der Waals surface area contributed by atoms with E-state index in [-0.39, 0.29) is 6.42 Å². The van der Waals surface area contributed by atoms with Gasteiger partial charge in [-0.05, 0) is 20.3 Å². The molecule has 0 fully saturated rings. The molecule has 2 N–H and O–H groups in total. The Balaban J connectivity index is 2.90. The lowest BCUT2D eigenvalue weighted by atomic mass is 10.1. The molecule has 0 saturated carbocycles. The fraction of sp³-hybridized carbons (Fsp3) is 0.583. The first kappa shape index (κ1) is 16.2. The Hall–Kier alpha value is -1.86. The van der Waals surface area contributed by atoms with Crippen molar-refractivity contribution in [3.63, 3.8) is 0 Å². The second-order valence-corrected chi connectivity index (χ2v) is 4.52. The first-order valence-corrected chi connectivity index (χ1v) is 6.09. The van der Waals surface area contributed by atoms with Gasteiger partial charge in [-0.3, -0.25) is 9.59 Å². The highest BCUT2D eigenvalue weighted by molar-refractivity contribution is 5.92. The van der Waals surface area contributed by atoms with Crippen LogP contribution in [0.4, 0.5) is 13.2 Å². The number of halogens is 3. The molecule has 1 heterocycles. The maximum Gasteiger partial charge on any atom is 0.391 e. The average Bonchev–Trinajstić information content (AvgIpc) is 2.31. The number of aromatic amines is 1. The van der Waals surface area contributed by atoms with Crippen LogP contribution in [0.25, 0.3) is 0 Å². The van der Waals surface area contributed by atoms with E-state index in [9.17, 15) is 22.8 Å². The zero-order valence-electron chi connectivity index (χ0n) is 11.4. The molecule has 8 heteroatoms. The van der Waals surface area contributed by atoms with Crippen molar-refractivity contribution in [1.82, 2.24) is 15.3 Å². The molecule has 0 saturated heterocycles. The Morgan fingerprint density at radius 3 is 2.50 bits per heavy atom. The maximum atomic E-state index is 12.3. The van der Waals surface area contributed by atoms with Gasteiger partial charge in [0.05, 0.1) is 12.1 Å². The summed E-state index contributed by atoms with van der Waals surface area (Å²) in [4.78, 5) is 29.7. The van der Waals surface area contributed by atoms with Crippen LogP contribution in [0, 0.1) is 13.8 Å². The molecule has 0 spiro atoms. The number of H-pyrrole nitrogens is 1. The molecule has 20 heavy (non-hydrogen) atoms. The first-order valence-electron chi connectivity index (χ1n) is 6.09. The van der Waals surface area contributed by atoms with Crippen molar-refractivity contribution in [3.8, 4) is 0 Å². The van der Waals surface area contributed by atoms with E-state index >= 15 is 0 Å². The summed E-state index contributed by atoms with van der Waals surface area (Å²) in [6.45, 7) is 4.73. The van der Waals surface area contributed by atoms with Crippen LogP contribution in [0.5, 0.6) is 0 Å². The van der Waals surface area contributed by atoms with Gasteiger partial charge in [0, 0.05) is 11.7 Å². The quantitative estimate of drug-likeness (QED) is 0.889. The molecule has 1 atom stereocenters. The molecule has 1 aromatic heterocycles. The van der Waals surface area contributed by atoms with Gasteiger partial charge in [0.1, 0.15) is 0 Å². The van der Waals surface area contributed by atoms with Gasteiger partial charge in [-0.25, -0.2) is 4.98 Å². The third-order valence-electron chi connectivity index (χ3n) is 2.86. The molecule has 0 bridgehead atoms. The van der Waals surface area contributed by atoms with E-state index in [1.165, 1.54) is 6.92 Å². The van der Waals surface area contributed by atoms with Crippen LogP contribution >= 0.6 is 0 Å². The van der Waals surface area contributed by atoms with E-state index < -0.39 is 35.8 Å². The fourth-order valence-electron chi connectivity index (χ4n) is 1.61. The second-order valence-electron chi connectivity index (χ2n) is 4.52. The summed E-state index contributed by atoms with van der Waals surface area (Å²) in [5.41, 5.74) is -0.186. The van der Waals surface area contributed by atoms with E-state index in [1.807, 2.05) is 0 Å². The minimum absolute atomic E-state index is 0.105. The Labute approximate surface area is 113 Å². The van der Waals surface area contributed by atoms with Crippen molar-refractivity contribution in [2.24, 2.45) is 0 Å². The monoisotopic (exact) mass is 291 g/mol. The lowest BCUT2D eigenvalue weighted by Crippen LogP contribution is -2.40. The Morgan fingerprint density at radius 2 is 2.00 bits per heavy atom. The number of aryl methyl sites for hydroxylation is 2. The molecule has 1 unspecified atom stereocenters. The summed E-state index contributed by atoms with van der Waals surface area (Å²) in [6, 6.07) is -1.08. The largest absolute Gasteiger partial charge is 0.391 e. The predicted molar refractivity (Wildman–Crippen MR) is 66.5 cm³/mol. The number of aromatic nitrogens is 2. The normalized spacial score (nSPS) is 13.1. The summed E-state index contributed by atoms with van der Waals surface area (Å²) in [5.74, 6) is -0.898. The molecule has 0 radical (unpaired) electrons. The minimum Gasteiger partial charge on any atom is -0.347 e. The smallest absolute Gasteiger partial charge is 0.347 e. The lowest BCUT2D eigenvalue weighted by molar-refractivity contribution is -0.139. The van der Waals surface area contributed by atoms with Crippen molar-refractivity contribution in [2.75, 3.05) is 0 Å². The standard InChI is InChI=1S/C12H16F3N3O2/c1-4-8(5-12(13,14)15)18-11(20)9-10(19)17-7(3)6(2)16-9/h8H,4-5H2,1-3H3,(H,17,19)(H,18,20). The number of hydrogen-bond acceptors (Lipinski definition) is 3. The minimum atomic E-state index is -4.38. The highest BCUT2D eigenvalue weighted by Crippen LogP contribution is 2.22. The van der Waals surface area contributed by atoms with Crippen LogP contribution in [-0.4, -0.2) is 28.1 Å². The van der Waals surface area contributed by atoms with Crippen LogP contribution in [0.2, 0.25) is 0 Å². The van der Waals surface area contributed by atoms with Crippen molar-refractivity contribution < 1.29 is 18.0 Å². The van der Waals surface area contributed by atoms with Gasteiger partial charge in [-0.15, -0.1) is 0 Å². The second kappa shape index (κ2) is 6.06. The highest BCUT2D eigenvalue weighted by atomic mass is 19.4. The van der Waals surface area contributed by atoms with Gasteiger partial charge in [0.2, 0.25) is 0 Å². The van der Waals surface area contributed by atoms with E-state index in [2.05, 4.69) is 15.3 Å². The van der Waals surface area contributed by atoms with E-state index in [0.717, 1.165) is 0 Å². The van der Waals surface area contributed by atoms with E-state index in [1.54, 1.807) is 13.8 Å². The molecule has 1 amide bonds. The molecule has 0 aliphatic heterocycles. The van der Waals surface area contributed by atoms with Crippen molar-refractivity contribution in [2.45, 2.75) is 45.8 Å². The third-order valence-corrected chi connectivity index (χ3v) is 2.86. The zero-order chi connectivity index (χ0) is 15.5. The maximum absolute atomic E-state index is 12.3. The number of carbonyl (C=O) groups is 1. The van der Waals surface area contributed by atoms with Gasteiger partial charge in [0.15, 0.2) is 5.69 Å². The van der Waals surface area contributed by atoms with Crippen LogP contribution in [0.3, 0.4) is 0 Å². The zero-order valence-corrected chi connectivity index (χ0v) is 11.4. The molecule has 1 aromatic rings. The van der Waals surface area contributed by atoms with E-state index in [4.69, 9.17) is 0 Å². The molecule has 0 aliphatic rings. The van der Waals surface area contributed by atoms with Gasteiger partial charge < -0.3 is 10.3 Å². The third kappa shape index (κ3) is 4.36. The number of nitrogens with zero attached hydrogens (tertiary/aromatic N) is 1. The number of hydrogen-bond donors (Lipinski definition) is 2. The number of nitrogens with one attached hydrogen (secondary N) is 2. The number of rotatable bonds is 4. The average molecular weight is 291 g/mol. The lowest BCUT2D eigenvalue weighted by Gasteiger charge is -2.18. The Kier molecular flexibility index (Phi) is 4.91. The van der Waals surface area contributed by atoms with Crippen LogP contribution < -0.4 is 10.9 Å². The molecule has 112 valence electrons. The number of carbonyl (C=O) groups excluding carboxylic acids is 1. The molecule has 0 aliphatic carbocycles. The van der Waals surface area contributed by atoms with Gasteiger partial charge >= 0.3 is 6.18 Å². The Bertz CT molecular complexity index is 552.